The smallest absolute Gasteiger partial charge is 0.256 e. The number of nitrogens with zero attached hydrogens (tertiary/aromatic N) is 2. The molecule has 0 atom stereocenters. The predicted octanol–water partition coefficient (Wildman–Crippen LogP) is 1.33. The molecule has 1 heterocycles. The Morgan fingerprint density at radius 2 is 1.93 bits per heavy atom. The molecule has 0 aliphatic carbocycles. The van der Waals surface area contributed by atoms with Gasteiger partial charge in [0.05, 0.1) is 11.3 Å². The van der Waals surface area contributed by atoms with E-state index in [4.69, 9.17) is 11.6 Å². The molecule has 0 unspecified atom stereocenters. The molecule has 1 rings (SSSR count). The first kappa shape index (κ1) is 12.5. The van der Waals surface area contributed by atoms with E-state index in [2.05, 4.69) is 25.9 Å². The Hall–Kier alpha value is -0.530. The number of hydrogen-bond acceptors (Lipinski definition) is 5. The molecule has 0 saturated carbocycles. The molecular formula is C7H6BrClN2O3S. The van der Waals surface area contributed by atoms with Gasteiger partial charge in [-0.25, -0.2) is 18.4 Å². The SMILES string of the molecule is Cc1nc(S(C)(=O)=O)nc(Br)c1C(=O)Cl. The molecule has 5 nitrogen and oxygen atoms in total. The van der Waals surface area contributed by atoms with Gasteiger partial charge in [0.1, 0.15) is 4.60 Å². The zero-order valence-electron chi connectivity index (χ0n) is 7.78. The molecule has 15 heavy (non-hydrogen) atoms. The zero-order chi connectivity index (χ0) is 11.8. The largest absolute Gasteiger partial charge is 0.275 e. The third-order valence-corrected chi connectivity index (χ3v) is 3.16. The maximum Gasteiger partial charge on any atom is 0.256 e. The van der Waals surface area contributed by atoms with Gasteiger partial charge in [-0.2, -0.15) is 0 Å². The summed E-state index contributed by atoms with van der Waals surface area (Å²) in [4.78, 5) is 18.3. The summed E-state index contributed by atoms with van der Waals surface area (Å²) in [6, 6.07) is 0. The molecule has 0 bridgehead atoms. The molecule has 0 saturated heterocycles. The predicted molar refractivity (Wildman–Crippen MR) is 57.8 cm³/mol. The van der Waals surface area contributed by atoms with Gasteiger partial charge in [0.15, 0.2) is 0 Å². The molecule has 8 heteroatoms. The Balaban J connectivity index is 3.52. The van der Waals surface area contributed by atoms with E-state index < -0.39 is 15.1 Å². The van der Waals surface area contributed by atoms with Crippen molar-refractivity contribution in [3.05, 3.63) is 15.9 Å². The lowest BCUT2D eigenvalue weighted by Crippen LogP contribution is -2.09. The van der Waals surface area contributed by atoms with Crippen molar-refractivity contribution in [1.82, 2.24) is 9.97 Å². The quantitative estimate of drug-likeness (QED) is 0.468. The second-order valence-corrected chi connectivity index (χ2v) is 5.81. The van der Waals surface area contributed by atoms with E-state index in [1.54, 1.807) is 0 Å². The van der Waals surface area contributed by atoms with Gasteiger partial charge >= 0.3 is 0 Å². The number of sulfone groups is 1. The summed E-state index contributed by atoms with van der Waals surface area (Å²) < 4.78 is 22.4. The summed E-state index contributed by atoms with van der Waals surface area (Å²) in [5.74, 6) is 0. The number of halogens is 2. The number of rotatable bonds is 2. The van der Waals surface area contributed by atoms with Gasteiger partial charge in [-0.3, -0.25) is 4.79 Å². The highest BCUT2D eigenvalue weighted by Crippen LogP contribution is 2.20. The van der Waals surface area contributed by atoms with Crippen LogP contribution in [0.5, 0.6) is 0 Å². The number of hydrogen-bond donors (Lipinski definition) is 0. The maximum atomic E-state index is 11.2. The summed E-state index contributed by atoms with van der Waals surface area (Å²) in [5.41, 5.74) is 0.293. The van der Waals surface area contributed by atoms with Gasteiger partial charge in [-0.15, -0.1) is 0 Å². The van der Waals surface area contributed by atoms with Gasteiger partial charge in [0.2, 0.25) is 15.0 Å². The molecule has 0 amide bonds. The van der Waals surface area contributed by atoms with Gasteiger partial charge in [-0.05, 0) is 34.5 Å². The zero-order valence-corrected chi connectivity index (χ0v) is 10.9. The molecule has 1 aromatic heterocycles. The molecular weight excluding hydrogens is 308 g/mol. The van der Waals surface area contributed by atoms with E-state index in [1.165, 1.54) is 6.92 Å². The summed E-state index contributed by atoms with van der Waals surface area (Å²) in [7, 11) is -3.50. The second kappa shape index (κ2) is 4.15. The first-order valence-corrected chi connectivity index (χ1v) is 6.73. The van der Waals surface area contributed by atoms with Gasteiger partial charge in [0.25, 0.3) is 5.24 Å². The number of carbonyl (C=O) groups is 1. The van der Waals surface area contributed by atoms with Crippen molar-refractivity contribution in [2.75, 3.05) is 6.26 Å². The first-order valence-electron chi connectivity index (χ1n) is 3.67. The Morgan fingerprint density at radius 1 is 1.40 bits per heavy atom. The molecule has 0 radical (unpaired) electrons. The number of carbonyl (C=O) groups excluding carboxylic acids is 1. The van der Waals surface area contributed by atoms with Crippen LogP contribution in [0, 0.1) is 6.92 Å². The number of aryl methyl sites for hydroxylation is 1. The van der Waals surface area contributed by atoms with Crippen molar-refractivity contribution in [3.63, 3.8) is 0 Å². The Morgan fingerprint density at radius 3 is 2.27 bits per heavy atom. The molecule has 0 fully saturated rings. The van der Waals surface area contributed by atoms with Crippen LogP contribution < -0.4 is 0 Å². The highest BCUT2D eigenvalue weighted by atomic mass is 79.9. The average molecular weight is 314 g/mol. The molecule has 1 aromatic rings. The molecule has 0 N–H and O–H groups in total. The van der Waals surface area contributed by atoms with E-state index in [1.807, 2.05) is 0 Å². The van der Waals surface area contributed by atoms with Crippen LogP contribution >= 0.6 is 27.5 Å². The minimum Gasteiger partial charge on any atom is -0.275 e. The highest BCUT2D eigenvalue weighted by molar-refractivity contribution is 9.10. The lowest BCUT2D eigenvalue weighted by atomic mass is 10.3. The van der Waals surface area contributed by atoms with Crippen LogP contribution in [-0.4, -0.2) is 29.9 Å². The van der Waals surface area contributed by atoms with E-state index in [0.29, 0.717) is 0 Å². The van der Waals surface area contributed by atoms with E-state index >= 15 is 0 Å². The molecule has 0 aromatic carbocycles. The average Bonchev–Trinajstić information content (AvgIpc) is 1.99. The van der Waals surface area contributed by atoms with Crippen molar-refractivity contribution >= 4 is 42.6 Å². The van der Waals surface area contributed by atoms with Crippen LogP contribution in [-0.2, 0) is 9.84 Å². The second-order valence-electron chi connectivity index (χ2n) is 2.80. The molecule has 0 spiro atoms. The van der Waals surface area contributed by atoms with Crippen molar-refractivity contribution in [2.24, 2.45) is 0 Å². The molecule has 82 valence electrons. The maximum absolute atomic E-state index is 11.2. The van der Waals surface area contributed by atoms with Gasteiger partial charge < -0.3 is 0 Å². The standard InChI is InChI=1S/C7H6BrClN2O3S/c1-3-4(6(9)12)5(8)11-7(10-3)15(2,13)14/h1-2H3. The summed E-state index contributed by atoms with van der Waals surface area (Å²) in [6.07, 6.45) is 0.983. The lowest BCUT2D eigenvalue weighted by molar-refractivity contribution is 0.107. The van der Waals surface area contributed by atoms with Gasteiger partial charge in [-0.1, -0.05) is 0 Å². The fraction of sp³-hybridized carbons (Fsp3) is 0.286. The third kappa shape index (κ3) is 2.73. The van der Waals surface area contributed by atoms with Crippen LogP contribution in [0.3, 0.4) is 0 Å². The Labute approximate surface area is 99.9 Å². The monoisotopic (exact) mass is 312 g/mol. The van der Waals surface area contributed by atoms with Crippen molar-refractivity contribution in [3.8, 4) is 0 Å². The normalized spacial score (nSPS) is 11.5. The lowest BCUT2D eigenvalue weighted by Gasteiger charge is -2.04. The summed E-state index contributed by atoms with van der Waals surface area (Å²) in [5, 5.41) is -1.08. The van der Waals surface area contributed by atoms with Crippen molar-refractivity contribution in [1.29, 1.82) is 0 Å². The van der Waals surface area contributed by atoms with Crippen LogP contribution in [0.1, 0.15) is 16.1 Å². The van der Waals surface area contributed by atoms with Crippen LogP contribution in [0.4, 0.5) is 0 Å². The van der Waals surface area contributed by atoms with Crippen LogP contribution in [0.2, 0.25) is 0 Å². The van der Waals surface area contributed by atoms with Crippen molar-refractivity contribution in [2.45, 2.75) is 12.1 Å². The minimum atomic E-state index is -3.50. The van der Waals surface area contributed by atoms with Crippen LogP contribution in [0.15, 0.2) is 9.76 Å². The van der Waals surface area contributed by atoms with Crippen molar-refractivity contribution < 1.29 is 13.2 Å². The molecule has 0 aliphatic heterocycles. The fourth-order valence-electron chi connectivity index (χ4n) is 0.903. The topological polar surface area (TPSA) is 77.0 Å². The van der Waals surface area contributed by atoms with E-state index in [-0.39, 0.29) is 21.0 Å². The summed E-state index contributed by atoms with van der Waals surface area (Å²) in [6.45, 7) is 1.48. The number of aromatic nitrogens is 2. The van der Waals surface area contributed by atoms with E-state index in [9.17, 15) is 13.2 Å². The third-order valence-electron chi connectivity index (χ3n) is 1.55. The fourth-order valence-corrected chi connectivity index (χ4v) is 2.56. The van der Waals surface area contributed by atoms with E-state index in [0.717, 1.165) is 6.26 Å². The molecule has 0 aliphatic rings. The first-order chi connectivity index (χ1) is 6.73. The Kier molecular flexibility index (Phi) is 3.47. The highest BCUT2D eigenvalue weighted by Gasteiger charge is 2.19. The van der Waals surface area contributed by atoms with Crippen LogP contribution in [0.25, 0.3) is 0 Å². The van der Waals surface area contributed by atoms with Gasteiger partial charge in [0, 0.05) is 6.26 Å². The summed E-state index contributed by atoms with van der Waals surface area (Å²) >= 11 is 8.25. The minimum absolute atomic E-state index is 0.0732. The Bertz CT molecular complexity index is 506.